The second kappa shape index (κ2) is 14.1. The molecule has 34 heavy (non-hydrogen) atoms. The molecule has 9 heteroatoms. The Kier molecular flexibility index (Phi) is 11.2. The molecule has 0 unspecified atom stereocenters. The molecule has 1 aliphatic heterocycles. The Hall–Kier alpha value is -3.30. The molecule has 1 saturated heterocycles. The predicted molar refractivity (Wildman–Crippen MR) is 128 cm³/mol. The molecule has 186 valence electrons. The summed E-state index contributed by atoms with van der Waals surface area (Å²) >= 11 is 0. The van der Waals surface area contributed by atoms with Gasteiger partial charge in [-0.15, -0.1) is 0 Å². The monoisotopic (exact) mass is 474 g/mol. The molecule has 2 aromatic rings. The van der Waals surface area contributed by atoms with Gasteiger partial charge >= 0.3 is 11.9 Å². The van der Waals surface area contributed by atoms with E-state index in [0.717, 1.165) is 56.2 Å². The largest absolute Gasteiger partial charge is 0.496 e. The molecular formula is C25H34N2O7. The lowest BCUT2D eigenvalue weighted by molar-refractivity contribution is -0.159. The van der Waals surface area contributed by atoms with Crippen molar-refractivity contribution < 1.29 is 34.0 Å². The Morgan fingerprint density at radius 2 is 1.32 bits per heavy atom. The number of carboxylic acid groups (broad SMARTS) is 2. The minimum Gasteiger partial charge on any atom is -0.496 e. The molecule has 0 bridgehead atoms. The third kappa shape index (κ3) is 8.57. The minimum absolute atomic E-state index is 0.700. The first kappa shape index (κ1) is 26.9. The number of hydrogen-bond acceptors (Lipinski definition) is 7. The van der Waals surface area contributed by atoms with Crippen LogP contribution in [0.3, 0.4) is 0 Å². The summed E-state index contributed by atoms with van der Waals surface area (Å²) < 4.78 is 16.4. The molecule has 0 aliphatic carbocycles. The van der Waals surface area contributed by atoms with Gasteiger partial charge < -0.3 is 29.3 Å². The van der Waals surface area contributed by atoms with E-state index in [2.05, 4.69) is 40.1 Å². The summed E-state index contributed by atoms with van der Waals surface area (Å²) in [5.74, 6) is -1.35. The number of carbonyl (C=O) groups is 2. The van der Waals surface area contributed by atoms with Crippen LogP contribution < -0.4 is 14.2 Å². The van der Waals surface area contributed by atoms with Crippen molar-refractivity contribution in [2.75, 3.05) is 54.1 Å². The maximum Gasteiger partial charge on any atom is 0.414 e. The van der Waals surface area contributed by atoms with E-state index in [1.165, 1.54) is 18.5 Å². The van der Waals surface area contributed by atoms with Crippen LogP contribution in [0.15, 0.2) is 42.5 Å². The van der Waals surface area contributed by atoms with Crippen LogP contribution >= 0.6 is 0 Å². The normalized spacial score (nSPS) is 14.0. The number of rotatable bonds is 9. The molecule has 2 aromatic carbocycles. The number of methoxy groups -OCH3 is 3. The second-order valence-corrected chi connectivity index (χ2v) is 7.84. The summed E-state index contributed by atoms with van der Waals surface area (Å²) in [5, 5.41) is 14.8. The van der Waals surface area contributed by atoms with Crippen LogP contribution in [0, 0.1) is 0 Å². The number of aryl methyl sites for hydroxylation is 1. The van der Waals surface area contributed by atoms with Crippen LogP contribution in [0.25, 0.3) is 0 Å². The number of aliphatic carboxylic acids is 2. The van der Waals surface area contributed by atoms with Crippen molar-refractivity contribution in [3.05, 3.63) is 53.6 Å². The Labute approximate surface area is 200 Å². The molecule has 0 spiro atoms. The maximum absolute atomic E-state index is 9.10. The zero-order valence-electron chi connectivity index (χ0n) is 20.0. The number of ether oxygens (including phenoxy) is 3. The summed E-state index contributed by atoms with van der Waals surface area (Å²) in [5.41, 5.74) is 2.57. The van der Waals surface area contributed by atoms with E-state index in [9.17, 15) is 0 Å². The van der Waals surface area contributed by atoms with Gasteiger partial charge in [0.15, 0.2) is 11.5 Å². The third-order valence-corrected chi connectivity index (χ3v) is 5.61. The Morgan fingerprint density at radius 1 is 0.794 bits per heavy atom. The average molecular weight is 475 g/mol. The summed E-state index contributed by atoms with van der Waals surface area (Å²) in [6, 6.07) is 14.7. The van der Waals surface area contributed by atoms with Crippen molar-refractivity contribution in [1.82, 2.24) is 9.80 Å². The van der Waals surface area contributed by atoms with E-state index < -0.39 is 11.9 Å². The van der Waals surface area contributed by atoms with Gasteiger partial charge in [-0.1, -0.05) is 30.3 Å². The fourth-order valence-corrected chi connectivity index (χ4v) is 3.78. The van der Waals surface area contributed by atoms with Gasteiger partial charge in [-0.2, -0.15) is 0 Å². The Morgan fingerprint density at radius 3 is 1.85 bits per heavy atom. The molecule has 0 atom stereocenters. The molecule has 1 aliphatic rings. The Balaban J connectivity index is 0.000000604. The van der Waals surface area contributed by atoms with Crippen LogP contribution in [0.2, 0.25) is 0 Å². The number of benzene rings is 2. The highest BCUT2D eigenvalue weighted by Gasteiger charge is 2.19. The van der Waals surface area contributed by atoms with Gasteiger partial charge in [0.1, 0.15) is 5.75 Å². The van der Waals surface area contributed by atoms with Crippen LogP contribution in [-0.4, -0.2) is 86.0 Å². The minimum atomic E-state index is -1.82. The highest BCUT2D eigenvalue weighted by Crippen LogP contribution is 2.35. The van der Waals surface area contributed by atoms with Crippen LogP contribution in [0.1, 0.15) is 17.5 Å². The molecule has 0 radical (unpaired) electrons. The second-order valence-electron chi connectivity index (χ2n) is 7.84. The fraction of sp³-hybridized carbons (Fsp3) is 0.440. The van der Waals surface area contributed by atoms with Crippen LogP contribution in [0.4, 0.5) is 0 Å². The van der Waals surface area contributed by atoms with Crippen molar-refractivity contribution in [2.24, 2.45) is 0 Å². The van der Waals surface area contributed by atoms with Crippen molar-refractivity contribution in [1.29, 1.82) is 0 Å². The highest BCUT2D eigenvalue weighted by atomic mass is 16.5. The molecular weight excluding hydrogens is 440 g/mol. The zero-order valence-corrected chi connectivity index (χ0v) is 20.0. The fourth-order valence-electron chi connectivity index (χ4n) is 3.78. The quantitative estimate of drug-likeness (QED) is 0.530. The van der Waals surface area contributed by atoms with E-state index >= 15 is 0 Å². The summed E-state index contributed by atoms with van der Waals surface area (Å²) in [4.78, 5) is 23.3. The van der Waals surface area contributed by atoms with Gasteiger partial charge in [-0.25, -0.2) is 9.59 Å². The van der Waals surface area contributed by atoms with Crippen LogP contribution in [0.5, 0.6) is 17.2 Å². The maximum atomic E-state index is 9.10. The first-order valence-corrected chi connectivity index (χ1v) is 11.1. The lowest BCUT2D eigenvalue weighted by Gasteiger charge is -2.35. The van der Waals surface area contributed by atoms with E-state index in [1.807, 2.05) is 12.1 Å². The molecule has 3 rings (SSSR count). The smallest absolute Gasteiger partial charge is 0.414 e. The highest BCUT2D eigenvalue weighted by molar-refractivity contribution is 6.27. The first-order chi connectivity index (χ1) is 16.4. The van der Waals surface area contributed by atoms with Crippen molar-refractivity contribution in [2.45, 2.75) is 19.4 Å². The lowest BCUT2D eigenvalue weighted by atomic mass is 10.1. The van der Waals surface area contributed by atoms with Crippen molar-refractivity contribution in [3.63, 3.8) is 0 Å². The third-order valence-electron chi connectivity index (χ3n) is 5.61. The van der Waals surface area contributed by atoms with E-state index in [-0.39, 0.29) is 0 Å². The van der Waals surface area contributed by atoms with Gasteiger partial charge in [-0.3, -0.25) is 4.90 Å². The van der Waals surface area contributed by atoms with E-state index in [1.54, 1.807) is 21.3 Å². The van der Waals surface area contributed by atoms with E-state index in [4.69, 9.17) is 34.0 Å². The average Bonchev–Trinajstić information content (AvgIpc) is 2.85. The predicted octanol–water partition coefficient (Wildman–Crippen LogP) is 2.62. The molecule has 0 saturated carbocycles. The lowest BCUT2D eigenvalue weighted by Crippen LogP contribution is -2.46. The molecule has 0 amide bonds. The van der Waals surface area contributed by atoms with Gasteiger partial charge in [0.2, 0.25) is 0 Å². The Bertz CT molecular complexity index is 901. The molecule has 1 heterocycles. The van der Waals surface area contributed by atoms with E-state index in [0.29, 0.717) is 5.75 Å². The molecule has 1 fully saturated rings. The molecule has 2 N–H and O–H groups in total. The first-order valence-electron chi connectivity index (χ1n) is 11.1. The number of hydrogen-bond donors (Lipinski definition) is 2. The SMILES string of the molecule is COc1cc(OC)c(OC)cc1CN1CCN(CCCc2ccccc2)CC1.O=C(O)C(=O)O. The summed E-state index contributed by atoms with van der Waals surface area (Å²) in [6.45, 7) is 6.41. The zero-order chi connectivity index (χ0) is 24.9. The summed E-state index contributed by atoms with van der Waals surface area (Å²) in [6.07, 6.45) is 2.37. The van der Waals surface area contributed by atoms with Gasteiger partial charge in [0.25, 0.3) is 0 Å². The van der Waals surface area contributed by atoms with Gasteiger partial charge in [0.05, 0.1) is 21.3 Å². The van der Waals surface area contributed by atoms with Gasteiger partial charge in [0, 0.05) is 44.4 Å². The van der Waals surface area contributed by atoms with Crippen molar-refractivity contribution >= 4 is 11.9 Å². The molecule has 0 aromatic heterocycles. The number of piperazine rings is 1. The van der Waals surface area contributed by atoms with Gasteiger partial charge in [-0.05, 0) is 31.0 Å². The standard InChI is InChI=1S/C23H32N2O3.C2H2O4/c1-26-21-17-23(28-3)22(27-2)16-20(21)18-25-14-12-24(13-15-25)11-7-10-19-8-5-4-6-9-19;3-1(4)2(5)6/h4-6,8-9,16-17H,7,10-15,18H2,1-3H3;(H,3,4)(H,5,6). The number of carboxylic acids is 2. The van der Waals surface area contributed by atoms with Crippen LogP contribution in [-0.2, 0) is 22.6 Å². The summed E-state index contributed by atoms with van der Waals surface area (Å²) in [7, 11) is 5.02. The molecule has 9 nitrogen and oxygen atoms in total. The number of nitrogens with zero attached hydrogens (tertiary/aromatic N) is 2. The van der Waals surface area contributed by atoms with Crippen molar-refractivity contribution in [3.8, 4) is 17.2 Å². The topological polar surface area (TPSA) is 109 Å².